The van der Waals surface area contributed by atoms with E-state index in [1.165, 1.54) is 16.7 Å². The number of rotatable bonds is 9. The molecule has 0 bridgehead atoms. The maximum atomic E-state index is 12.5. The van der Waals surface area contributed by atoms with Crippen molar-refractivity contribution < 1.29 is 9.53 Å². The highest BCUT2D eigenvalue weighted by Gasteiger charge is 2.24. The Morgan fingerprint density at radius 2 is 1.83 bits per heavy atom. The zero-order valence-corrected chi connectivity index (χ0v) is 17.8. The van der Waals surface area contributed by atoms with Crippen LogP contribution in [0.3, 0.4) is 0 Å². The maximum Gasteiger partial charge on any atom is 0.223 e. The third-order valence-electron chi connectivity index (χ3n) is 5.79. The summed E-state index contributed by atoms with van der Waals surface area (Å²) < 4.78 is 5.47. The summed E-state index contributed by atoms with van der Waals surface area (Å²) in [5.74, 6) is 1.30. The molecule has 0 saturated carbocycles. The summed E-state index contributed by atoms with van der Waals surface area (Å²) in [5.41, 5.74) is 4.02. The second-order valence-corrected chi connectivity index (χ2v) is 7.95. The number of likely N-dealkylation sites (tertiary alicyclic amines) is 1. The van der Waals surface area contributed by atoms with Crippen LogP contribution in [0.25, 0.3) is 0 Å². The third kappa shape index (κ3) is 6.60. The van der Waals surface area contributed by atoms with Crippen molar-refractivity contribution in [1.29, 1.82) is 0 Å². The van der Waals surface area contributed by atoms with Gasteiger partial charge in [0.05, 0.1) is 6.61 Å². The number of carbonyl (C=O) groups excluding carboxylic acids is 1. The predicted molar refractivity (Wildman–Crippen MR) is 118 cm³/mol. The van der Waals surface area contributed by atoms with Gasteiger partial charge in [-0.1, -0.05) is 36.4 Å². The maximum absolute atomic E-state index is 12.5. The molecule has 2 aromatic rings. The van der Waals surface area contributed by atoms with Crippen molar-refractivity contribution in [1.82, 2.24) is 10.2 Å². The quantitative estimate of drug-likeness (QED) is 0.643. The average molecular weight is 395 g/mol. The number of hydrogen-bond donors (Lipinski definition) is 1. The molecule has 1 aliphatic heterocycles. The Morgan fingerprint density at radius 1 is 1.10 bits per heavy atom. The summed E-state index contributed by atoms with van der Waals surface area (Å²) in [5, 5.41) is 3.15. The highest BCUT2D eigenvalue weighted by Crippen LogP contribution is 2.20. The number of carbonyl (C=O) groups is 1. The number of nitrogens with zero attached hydrogens (tertiary/aromatic N) is 1. The van der Waals surface area contributed by atoms with E-state index >= 15 is 0 Å². The van der Waals surface area contributed by atoms with E-state index in [0.717, 1.165) is 57.6 Å². The standard InChI is InChI=1S/C25H34N2O2/c1-3-29-24-12-10-21(11-13-24)8-6-16-26-25(28)22-14-17-27(18-15-22)19-23-9-5-4-7-20(23)2/h4-5,7,9-13,22H,3,6,8,14-19H2,1-2H3,(H,26,28). The number of piperidine rings is 1. The first-order chi connectivity index (χ1) is 14.2. The largest absolute Gasteiger partial charge is 0.494 e. The molecule has 4 nitrogen and oxygen atoms in total. The summed E-state index contributed by atoms with van der Waals surface area (Å²) in [7, 11) is 0. The van der Waals surface area contributed by atoms with Crippen LogP contribution in [0.4, 0.5) is 0 Å². The van der Waals surface area contributed by atoms with Gasteiger partial charge in [-0.25, -0.2) is 0 Å². The summed E-state index contributed by atoms with van der Waals surface area (Å²) in [4.78, 5) is 15.0. The van der Waals surface area contributed by atoms with Gasteiger partial charge in [0.2, 0.25) is 5.91 Å². The fourth-order valence-electron chi connectivity index (χ4n) is 3.95. The molecular formula is C25H34N2O2. The van der Waals surface area contributed by atoms with Gasteiger partial charge in [-0.3, -0.25) is 9.69 Å². The van der Waals surface area contributed by atoms with Gasteiger partial charge < -0.3 is 10.1 Å². The fourth-order valence-corrected chi connectivity index (χ4v) is 3.95. The number of benzene rings is 2. The molecule has 0 aliphatic carbocycles. The lowest BCUT2D eigenvalue weighted by Crippen LogP contribution is -2.40. The number of hydrogen-bond acceptors (Lipinski definition) is 3. The van der Waals surface area contributed by atoms with E-state index in [0.29, 0.717) is 6.61 Å². The van der Waals surface area contributed by atoms with E-state index < -0.39 is 0 Å². The molecule has 0 spiro atoms. The van der Waals surface area contributed by atoms with Crippen LogP contribution in [0.2, 0.25) is 0 Å². The van der Waals surface area contributed by atoms with Crippen molar-refractivity contribution >= 4 is 5.91 Å². The molecule has 0 atom stereocenters. The summed E-state index contributed by atoms with van der Waals surface area (Å²) in [6.45, 7) is 8.58. The van der Waals surface area contributed by atoms with Crippen LogP contribution in [0, 0.1) is 12.8 Å². The summed E-state index contributed by atoms with van der Waals surface area (Å²) in [6.07, 6.45) is 3.85. The van der Waals surface area contributed by atoms with Gasteiger partial charge in [0.15, 0.2) is 0 Å². The topological polar surface area (TPSA) is 41.6 Å². The average Bonchev–Trinajstić information content (AvgIpc) is 2.74. The number of nitrogens with one attached hydrogen (secondary N) is 1. The summed E-state index contributed by atoms with van der Waals surface area (Å²) in [6, 6.07) is 16.8. The lowest BCUT2D eigenvalue weighted by molar-refractivity contribution is -0.126. The van der Waals surface area contributed by atoms with Crippen molar-refractivity contribution in [3.63, 3.8) is 0 Å². The molecule has 29 heavy (non-hydrogen) atoms. The van der Waals surface area contributed by atoms with Crippen LogP contribution in [-0.4, -0.2) is 37.0 Å². The molecule has 2 aromatic carbocycles. The van der Waals surface area contributed by atoms with Crippen molar-refractivity contribution in [2.45, 2.75) is 46.1 Å². The minimum absolute atomic E-state index is 0.161. The van der Waals surface area contributed by atoms with Crippen LogP contribution in [0.15, 0.2) is 48.5 Å². The lowest BCUT2D eigenvalue weighted by atomic mass is 9.95. The second-order valence-electron chi connectivity index (χ2n) is 7.95. The van der Waals surface area contributed by atoms with E-state index in [1.807, 2.05) is 19.1 Å². The van der Waals surface area contributed by atoms with E-state index in [4.69, 9.17) is 4.74 Å². The van der Waals surface area contributed by atoms with Crippen LogP contribution in [0.5, 0.6) is 5.75 Å². The molecule has 1 N–H and O–H groups in total. The van der Waals surface area contributed by atoms with Crippen LogP contribution in [-0.2, 0) is 17.8 Å². The van der Waals surface area contributed by atoms with Crippen molar-refractivity contribution in [3.8, 4) is 5.75 Å². The Labute approximate surface area is 175 Å². The Balaban J connectivity index is 1.33. The van der Waals surface area contributed by atoms with E-state index in [9.17, 15) is 4.79 Å². The minimum atomic E-state index is 0.161. The van der Waals surface area contributed by atoms with E-state index in [-0.39, 0.29) is 11.8 Å². The molecule has 1 amide bonds. The molecule has 0 aromatic heterocycles. The molecule has 0 unspecified atom stereocenters. The molecule has 3 rings (SSSR count). The first-order valence-corrected chi connectivity index (χ1v) is 10.9. The number of amides is 1. The van der Waals surface area contributed by atoms with E-state index in [1.54, 1.807) is 0 Å². The molecule has 1 saturated heterocycles. The number of ether oxygens (including phenoxy) is 1. The molecule has 1 aliphatic rings. The monoisotopic (exact) mass is 394 g/mol. The lowest BCUT2D eigenvalue weighted by Gasteiger charge is -2.31. The normalized spacial score (nSPS) is 15.2. The fraction of sp³-hybridized carbons (Fsp3) is 0.480. The zero-order chi connectivity index (χ0) is 20.5. The molecule has 1 heterocycles. The Hall–Kier alpha value is -2.33. The molecule has 0 radical (unpaired) electrons. The second kappa shape index (κ2) is 11.0. The molecule has 1 fully saturated rings. The van der Waals surface area contributed by atoms with Gasteiger partial charge in [0.1, 0.15) is 5.75 Å². The Kier molecular flexibility index (Phi) is 8.12. The molecular weight excluding hydrogens is 360 g/mol. The SMILES string of the molecule is CCOc1ccc(CCCNC(=O)C2CCN(Cc3ccccc3C)CC2)cc1. The van der Waals surface area contributed by atoms with Gasteiger partial charge >= 0.3 is 0 Å². The van der Waals surface area contributed by atoms with Gasteiger partial charge in [0, 0.05) is 19.0 Å². The van der Waals surface area contributed by atoms with Crippen LogP contribution >= 0.6 is 0 Å². The van der Waals surface area contributed by atoms with Gasteiger partial charge in [-0.15, -0.1) is 0 Å². The van der Waals surface area contributed by atoms with Gasteiger partial charge in [-0.05, 0) is 81.4 Å². The van der Waals surface area contributed by atoms with Crippen LogP contribution < -0.4 is 10.1 Å². The summed E-state index contributed by atoms with van der Waals surface area (Å²) >= 11 is 0. The third-order valence-corrected chi connectivity index (χ3v) is 5.79. The Bertz CT molecular complexity index is 765. The first kappa shape index (κ1) is 21.4. The van der Waals surface area contributed by atoms with Gasteiger partial charge in [-0.2, -0.15) is 0 Å². The molecule has 156 valence electrons. The first-order valence-electron chi connectivity index (χ1n) is 10.9. The predicted octanol–water partition coefficient (Wildman–Crippen LogP) is 4.35. The Morgan fingerprint density at radius 3 is 2.52 bits per heavy atom. The number of aryl methyl sites for hydroxylation is 2. The van der Waals surface area contributed by atoms with Crippen molar-refractivity contribution in [3.05, 3.63) is 65.2 Å². The molecule has 4 heteroatoms. The highest BCUT2D eigenvalue weighted by atomic mass is 16.5. The smallest absolute Gasteiger partial charge is 0.223 e. The highest BCUT2D eigenvalue weighted by molar-refractivity contribution is 5.78. The van der Waals surface area contributed by atoms with Crippen molar-refractivity contribution in [2.24, 2.45) is 5.92 Å². The minimum Gasteiger partial charge on any atom is -0.494 e. The van der Waals surface area contributed by atoms with Crippen molar-refractivity contribution in [2.75, 3.05) is 26.2 Å². The van der Waals surface area contributed by atoms with Crippen LogP contribution in [0.1, 0.15) is 42.9 Å². The zero-order valence-electron chi connectivity index (χ0n) is 17.8. The van der Waals surface area contributed by atoms with Gasteiger partial charge in [0.25, 0.3) is 0 Å². The van der Waals surface area contributed by atoms with E-state index in [2.05, 4.69) is 53.5 Å².